The van der Waals surface area contributed by atoms with Crippen LogP contribution in [0.4, 0.5) is 26.3 Å². The molecule has 0 saturated carbocycles. The lowest BCUT2D eigenvalue weighted by Crippen LogP contribution is -2.36. The lowest BCUT2D eigenvalue weighted by Gasteiger charge is -2.45. The Morgan fingerprint density at radius 2 is 0.842 bits per heavy atom. The minimum absolute atomic E-state index is 0.103. The highest BCUT2D eigenvalue weighted by atomic mass is 19.4. The van der Waals surface area contributed by atoms with Crippen LogP contribution in [0, 0.1) is 0 Å². The summed E-state index contributed by atoms with van der Waals surface area (Å²) in [4.78, 5) is 0. The van der Waals surface area contributed by atoms with E-state index in [1.54, 1.807) is 0 Å². The lowest BCUT2D eigenvalue weighted by molar-refractivity contribution is -0.154. The molecule has 2 aliphatic rings. The molecule has 8 heteroatoms. The van der Waals surface area contributed by atoms with E-state index in [0.717, 1.165) is 36.8 Å². The largest absolute Gasteiger partial charge is 0.483 e. The Kier molecular flexibility index (Phi) is 6.60. The van der Waals surface area contributed by atoms with Gasteiger partial charge in [-0.1, -0.05) is 55.4 Å². The van der Waals surface area contributed by atoms with Crippen LogP contribution in [-0.2, 0) is 21.7 Å². The highest BCUT2D eigenvalue weighted by Crippen LogP contribution is 2.57. The summed E-state index contributed by atoms with van der Waals surface area (Å²) < 4.78 is 92.1. The Balaban J connectivity index is 2.19. The van der Waals surface area contributed by atoms with Gasteiger partial charge in [0.1, 0.15) is 11.5 Å². The number of halogens is 6. The average molecular weight is 545 g/mol. The molecule has 2 aromatic carbocycles. The van der Waals surface area contributed by atoms with Crippen LogP contribution < -0.4 is 9.47 Å². The lowest BCUT2D eigenvalue weighted by atomic mass is 9.60. The molecule has 0 spiro atoms. The van der Waals surface area contributed by atoms with Crippen molar-refractivity contribution in [1.29, 1.82) is 0 Å². The van der Waals surface area contributed by atoms with Gasteiger partial charge in [0, 0.05) is 21.9 Å². The second-order valence-electron chi connectivity index (χ2n) is 13.7. The molecule has 212 valence electrons. The summed E-state index contributed by atoms with van der Waals surface area (Å²) in [6, 6.07) is 3.71. The Morgan fingerprint density at radius 1 is 0.553 bits per heavy atom. The van der Waals surface area contributed by atoms with Crippen LogP contribution in [0.2, 0.25) is 0 Å². The summed E-state index contributed by atoms with van der Waals surface area (Å²) >= 11 is 0. The standard InChI is InChI=1S/C30H38F6O2/c1-25(2)9-11-27(5,6)21-19(25)13-17-18(23(21)37-15-29(31,32)33)14-20-22(24(17)38-16-30(34,35)36)28(7,8)12-10-26(20,3)4/h13-14H,9-12,15-16H2,1-8H3. The first-order valence-electron chi connectivity index (χ1n) is 13.1. The van der Waals surface area contributed by atoms with Gasteiger partial charge in [-0.3, -0.25) is 0 Å². The molecule has 0 amide bonds. The number of ether oxygens (including phenoxy) is 2. The summed E-state index contributed by atoms with van der Waals surface area (Å²) in [5.74, 6) is 0.206. The van der Waals surface area contributed by atoms with Crippen molar-refractivity contribution in [2.45, 2.75) is 115 Å². The van der Waals surface area contributed by atoms with Gasteiger partial charge in [0.25, 0.3) is 0 Å². The van der Waals surface area contributed by atoms with Gasteiger partial charge in [-0.05, 0) is 70.6 Å². The molecule has 38 heavy (non-hydrogen) atoms. The quantitative estimate of drug-likeness (QED) is 0.357. The molecule has 0 heterocycles. The maximum atomic E-state index is 13.5. The molecule has 4 rings (SSSR count). The van der Waals surface area contributed by atoms with E-state index in [1.807, 2.05) is 67.5 Å². The van der Waals surface area contributed by atoms with Crippen LogP contribution in [-0.4, -0.2) is 25.6 Å². The zero-order chi connectivity index (χ0) is 28.7. The van der Waals surface area contributed by atoms with E-state index in [2.05, 4.69) is 0 Å². The van der Waals surface area contributed by atoms with Crippen LogP contribution >= 0.6 is 0 Å². The molecule has 0 aromatic heterocycles. The number of fused-ring (bicyclic) bond motifs is 3. The third-order valence-corrected chi connectivity index (χ3v) is 8.67. The highest BCUT2D eigenvalue weighted by Gasteiger charge is 2.45. The summed E-state index contributed by atoms with van der Waals surface area (Å²) in [7, 11) is 0. The van der Waals surface area contributed by atoms with E-state index in [-0.39, 0.29) is 11.5 Å². The summed E-state index contributed by atoms with van der Waals surface area (Å²) in [6.45, 7) is 13.0. The number of hydrogen-bond acceptors (Lipinski definition) is 2. The molecule has 2 aromatic rings. The number of alkyl halides is 6. The minimum Gasteiger partial charge on any atom is -0.483 e. The fraction of sp³-hybridized carbons (Fsp3) is 0.667. The first kappa shape index (κ1) is 28.9. The normalized spacial score (nSPS) is 21.5. The molecule has 0 atom stereocenters. The van der Waals surface area contributed by atoms with Crippen molar-refractivity contribution in [2.24, 2.45) is 0 Å². The molecule has 0 fully saturated rings. The van der Waals surface area contributed by atoms with Crippen LogP contribution in [0.3, 0.4) is 0 Å². The average Bonchev–Trinajstić information content (AvgIpc) is 2.74. The molecule has 0 radical (unpaired) electrons. The first-order chi connectivity index (χ1) is 17.1. The highest BCUT2D eigenvalue weighted by molar-refractivity contribution is 5.98. The van der Waals surface area contributed by atoms with Gasteiger partial charge in [-0.25, -0.2) is 0 Å². The zero-order valence-corrected chi connectivity index (χ0v) is 23.5. The third kappa shape index (κ3) is 5.21. The van der Waals surface area contributed by atoms with Gasteiger partial charge in [0.15, 0.2) is 13.2 Å². The molecule has 0 saturated heterocycles. The monoisotopic (exact) mass is 544 g/mol. The smallest absolute Gasteiger partial charge is 0.422 e. The number of rotatable bonds is 4. The van der Waals surface area contributed by atoms with E-state index >= 15 is 0 Å². The van der Waals surface area contributed by atoms with Crippen molar-refractivity contribution in [3.05, 3.63) is 34.4 Å². The van der Waals surface area contributed by atoms with Crippen molar-refractivity contribution in [1.82, 2.24) is 0 Å². The summed E-state index contributed by atoms with van der Waals surface area (Å²) in [6.07, 6.45) is -6.12. The van der Waals surface area contributed by atoms with Crippen LogP contribution in [0.1, 0.15) is 103 Å². The molecule has 2 nitrogen and oxygen atoms in total. The van der Waals surface area contributed by atoms with Gasteiger partial charge in [0.2, 0.25) is 0 Å². The predicted octanol–water partition coefficient (Wildman–Crippen LogP) is 9.42. The van der Waals surface area contributed by atoms with Gasteiger partial charge in [-0.15, -0.1) is 0 Å². The van der Waals surface area contributed by atoms with Crippen LogP contribution in [0.5, 0.6) is 11.5 Å². The Labute approximate surface area is 221 Å². The molecule has 0 unspecified atom stereocenters. The molecule has 0 bridgehead atoms. The molecular weight excluding hydrogens is 506 g/mol. The first-order valence-corrected chi connectivity index (χ1v) is 13.1. The van der Waals surface area contributed by atoms with Crippen molar-refractivity contribution >= 4 is 10.8 Å². The van der Waals surface area contributed by atoms with Crippen molar-refractivity contribution in [2.75, 3.05) is 13.2 Å². The van der Waals surface area contributed by atoms with Crippen molar-refractivity contribution in [3.8, 4) is 11.5 Å². The maximum absolute atomic E-state index is 13.5. The van der Waals surface area contributed by atoms with E-state index < -0.39 is 47.2 Å². The summed E-state index contributed by atoms with van der Waals surface area (Å²) in [5, 5.41) is 0.751. The summed E-state index contributed by atoms with van der Waals surface area (Å²) in [5.41, 5.74) is 1.17. The Morgan fingerprint density at radius 3 is 1.13 bits per heavy atom. The van der Waals surface area contributed by atoms with Gasteiger partial charge >= 0.3 is 12.4 Å². The van der Waals surface area contributed by atoms with Gasteiger partial charge in [0.05, 0.1) is 0 Å². The fourth-order valence-electron chi connectivity index (χ4n) is 6.27. The van der Waals surface area contributed by atoms with Crippen molar-refractivity contribution < 1.29 is 35.8 Å². The topological polar surface area (TPSA) is 18.5 Å². The zero-order valence-electron chi connectivity index (χ0n) is 23.5. The number of hydrogen-bond donors (Lipinski definition) is 0. The Hall–Kier alpha value is -2.12. The molecule has 2 aliphatic carbocycles. The SMILES string of the molecule is CC1(C)CCC(C)(C)c2c1cc1c(OCC(F)(F)F)c3c(cc1c2OCC(F)(F)F)C(C)(C)CCC3(C)C. The molecule has 0 aliphatic heterocycles. The van der Waals surface area contributed by atoms with Crippen molar-refractivity contribution in [3.63, 3.8) is 0 Å². The minimum atomic E-state index is -4.57. The predicted molar refractivity (Wildman–Crippen MR) is 138 cm³/mol. The Bertz CT molecular complexity index is 1150. The molecule has 0 N–H and O–H groups in total. The van der Waals surface area contributed by atoms with E-state index in [9.17, 15) is 26.3 Å². The van der Waals surface area contributed by atoms with E-state index in [4.69, 9.17) is 9.47 Å². The second kappa shape index (κ2) is 8.69. The van der Waals surface area contributed by atoms with Gasteiger partial charge in [-0.2, -0.15) is 26.3 Å². The fourth-order valence-corrected chi connectivity index (χ4v) is 6.27. The van der Waals surface area contributed by atoms with E-state index in [0.29, 0.717) is 21.9 Å². The number of benzene rings is 2. The van der Waals surface area contributed by atoms with Crippen LogP contribution in [0.15, 0.2) is 12.1 Å². The third-order valence-electron chi connectivity index (χ3n) is 8.67. The van der Waals surface area contributed by atoms with E-state index in [1.165, 1.54) is 0 Å². The van der Waals surface area contributed by atoms with Crippen LogP contribution in [0.25, 0.3) is 10.8 Å². The maximum Gasteiger partial charge on any atom is 0.422 e. The molecular formula is C30H38F6O2. The van der Waals surface area contributed by atoms with Gasteiger partial charge < -0.3 is 9.47 Å². The second-order valence-corrected chi connectivity index (χ2v) is 13.7.